The lowest BCUT2D eigenvalue weighted by atomic mass is 9.95. The van der Waals surface area contributed by atoms with Gasteiger partial charge < -0.3 is 14.6 Å². The molecule has 0 radical (unpaired) electrons. The van der Waals surface area contributed by atoms with Crippen LogP contribution in [-0.4, -0.2) is 28.9 Å². The van der Waals surface area contributed by atoms with E-state index in [-0.39, 0.29) is 11.3 Å². The van der Waals surface area contributed by atoms with Crippen LogP contribution in [0.2, 0.25) is 0 Å². The molecule has 0 aliphatic carbocycles. The lowest BCUT2D eigenvalue weighted by Gasteiger charge is -2.23. The molecule has 0 spiro atoms. The highest BCUT2D eigenvalue weighted by Crippen LogP contribution is 2.43. The number of amides is 1. The Bertz CT molecular complexity index is 1480. The van der Waals surface area contributed by atoms with Gasteiger partial charge in [0.15, 0.2) is 5.13 Å². The van der Waals surface area contributed by atoms with Crippen LogP contribution in [0.5, 0.6) is 11.5 Å². The third-order valence-corrected chi connectivity index (χ3v) is 6.87. The highest BCUT2D eigenvalue weighted by molar-refractivity contribution is 7.14. The maximum absolute atomic E-state index is 13.2. The van der Waals surface area contributed by atoms with E-state index in [1.807, 2.05) is 25.1 Å². The van der Waals surface area contributed by atoms with Crippen molar-refractivity contribution in [1.82, 2.24) is 4.98 Å². The molecular weight excluding hydrogens is 488 g/mol. The average molecular weight is 513 g/mol. The van der Waals surface area contributed by atoms with Gasteiger partial charge in [0.2, 0.25) is 0 Å². The smallest absolute Gasteiger partial charge is 0.301 e. The largest absolute Gasteiger partial charge is 0.507 e. The summed E-state index contributed by atoms with van der Waals surface area (Å²) in [6.07, 6.45) is 1.57. The van der Waals surface area contributed by atoms with E-state index >= 15 is 0 Å². The first-order valence-electron chi connectivity index (χ1n) is 11.6. The van der Waals surface area contributed by atoms with Crippen molar-refractivity contribution in [2.24, 2.45) is 0 Å². The number of carbonyl (C=O) groups excluding carboxylic acids is 2. The zero-order valence-corrected chi connectivity index (χ0v) is 21.1. The molecule has 1 saturated heterocycles. The van der Waals surface area contributed by atoms with Gasteiger partial charge in [-0.25, -0.2) is 4.98 Å². The van der Waals surface area contributed by atoms with Crippen LogP contribution in [0.3, 0.4) is 0 Å². The molecule has 0 bridgehead atoms. The zero-order chi connectivity index (χ0) is 25.9. The number of thiazole rings is 1. The Kier molecular flexibility index (Phi) is 6.74. The van der Waals surface area contributed by atoms with Crippen LogP contribution in [0.15, 0.2) is 89.9 Å². The number of carbonyl (C=O) groups is 2. The first-order chi connectivity index (χ1) is 18.0. The minimum Gasteiger partial charge on any atom is -0.507 e. The number of rotatable bonds is 7. The predicted octanol–water partition coefficient (Wildman–Crippen LogP) is 5.67. The Morgan fingerprint density at radius 1 is 1.03 bits per heavy atom. The SMILES string of the molecule is COc1cccc(C2/C(=C(\O)c3ccc(OCc4cccc(C)c4)cc3)C(=O)C(=O)N2c2nccs2)c1. The first-order valence-corrected chi connectivity index (χ1v) is 12.5. The van der Waals surface area contributed by atoms with Crippen molar-refractivity contribution in [2.75, 3.05) is 12.0 Å². The Morgan fingerprint density at radius 3 is 2.51 bits per heavy atom. The molecular formula is C29H24N2O5S. The molecule has 1 fully saturated rings. The lowest BCUT2D eigenvalue weighted by molar-refractivity contribution is -0.132. The van der Waals surface area contributed by atoms with Crippen molar-refractivity contribution in [3.8, 4) is 11.5 Å². The molecule has 1 aromatic heterocycles. The normalized spacial score (nSPS) is 16.7. The molecule has 3 aromatic carbocycles. The molecule has 186 valence electrons. The molecule has 1 aliphatic heterocycles. The number of aliphatic hydroxyl groups excluding tert-OH is 1. The Balaban J connectivity index is 1.50. The Hall–Kier alpha value is -4.43. The molecule has 1 atom stereocenters. The van der Waals surface area contributed by atoms with Crippen molar-refractivity contribution in [1.29, 1.82) is 0 Å². The number of nitrogens with zero attached hydrogens (tertiary/aromatic N) is 2. The van der Waals surface area contributed by atoms with Gasteiger partial charge in [0, 0.05) is 17.1 Å². The van der Waals surface area contributed by atoms with E-state index in [0.29, 0.717) is 34.4 Å². The second-order valence-electron chi connectivity index (χ2n) is 8.56. The van der Waals surface area contributed by atoms with Gasteiger partial charge in [-0.05, 0) is 54.4 Å². The number of ether oxygens (including phenoxy) is 2. The van der Waals surface area contributed by atoms with Crippen LogP contribution in [0.4, 0.5) is 5.13 Å². The van der Waals surface area contributed by atoms with Gasteiger partial charge in [0.05, 0.1) is 18.7 Å². The Labute approximate surface area is 218 Å². The molecule has 4 aromatic rings. The molecule has 8 heteroatoms. The number of ketones is 1. The van der Waals surface area contributed by atoms with Crippen molar-refractivity contribution < 1.29 is 24.2 Å². The standard InChI is InChI=1S/C29H24N2O5S/c1-18-5-3-6-19(15-18)17-36-22-11-9-20(10-12-22)26(32)24-25(21-7-4-8-23(16-21)35-2)31(28(34)27(24)33)29-30-13-14-37-29/h3-16,25,32H,17H2,1-2H3/b26-24+. The van der Waals surface area contributed by atoms with Gasteiger partial charge in [0.25, 0.3) is 5.78 Å². The van der Waals surface area contributed by atoms with E-state index in [1.54, 1.807) is 67.2 Å². The summed E-state index contributed by atoms with van der Waals surface area (Å²) in [4.78, 5) is 31.9. The minimum absolute atomic E-state index is 0.0121. The van der Waals surface area contributed by atoms with Crippen LogP contribution in [0, 0.1) is 6.92 Å². The fourth-order valence-electron chi connectivity index (χ4n) is 4.32. The van der Waals surface area contributed by atoms with E-state index < -0.39 is 17.7 Å². The second-order valence-corrected chi connectivity index (χ2v) is 9.44. The quantitative estimate of drug-likeness (QED) is 0.195. The summed E-state index contributed by atoms with van der Waals surface area (Å²) in [5, 5.41) is 13.4. The average Bonchev–Trinajstić information content (AvgIpc) is 3.54. The summed E-state index contributed by atoms with van der Waals surface area (Å²) in [5.41, 5.74) is 3.21. The number of aliphatic hydroxyl groups is 1. The molecule has 0 saturated carbocycles. The minimum atomic E-state index is -0.863. The maximum Gasteiger partial charge on any atom is 0.301 e. The van der Waals surface area contributed by atoms with E-state index in [9.17, 15) is 14.7 Å². The molecule has 1 amide bonds. The summed E-state index contributed by atoms with van der Waals surface area (Å²) in [6.45, 7) is 2.43. The fraction of sp³-hybridized carbons (Fsp3) is 0.138. The van der Waals surface area contributed by atoms with Crippen LogP contribution in [0.25, 0.3) is 5.76 Å². The van der Waals surface area contributed by atoms with Crippen LogP contribution in [-0.2, 0) is 16.2 Å². The Morgan fingerprint density at radius 2 is 1.81 bits per heavy atom. The van der Waals surface area contributed by atoms with E-state index in [2.05, 4.69) is 11.1 Å². The van der Waals surface area contributed by atoms with Crippen molar-refractivity contribution in [3.63, 3.8) is 0 Å². The van der Waals surface area contributed by atoms with Crippen LogP contribution >= 0.6 is 11.3 Å². The van der Waals surface area contributed by atoms with Crippen molar-refractivity contribution >= 4 is 33.9 Å². The number of benzene rings is 3. The van der Waals surface area contributed by atoms with Crippen molar-refractivity contribution in [2.45, 2.75) is 19.6 Å². The molecule has 37 heavy (non-hydrogen) atoms. The summed E-state index contributed by atoms with van der Waals surface area (Å²) in [5.74, 6) is -0.610. The third-order valence-electron chi connectivity index (χ3n) is 6.10. The van der Waals surface area contributed by atoms with Gasteiger partial charge in [-0.2, -0.15) is 0 Å². The fourth-order valence-corrected chi connectivity index (χ4v) is 4.99. The van der Waals surface area contributed by atoms with Gasteiger partial charge in [-0.15, -0.1) is 11.3 Å². The number of hydrogen-bond donors (Lipinski definition) is 1. The maximum atomic E-state index is 13.2. The number of aromatic nitrogens is 1. The monoisotopic (exact) mass is 512 g/mol. The van der Waals surface area contributed by atoms with Gasteiger partial charge in [-0.1, -0.05) is 42.0 Å². The summed E-state index contributed by atoms with van der Waals surface area (Å²) < 4.78 is 11.2. The second kappa shape index (κ2) is 10.3. The summed E-state index contributed by atoms with van der Waals surface area (Å²) in [7, 11) is 1.54. The molecule has 2 heterocycles. The number of Topliss-reactive ketones (excluding diaryl/α,β-unsaturated/α-hetero) is 1. The van der Waals surface area contributed by atoms with E-state index in [0.717, 1.165) is 11.1 Å². The number of hydrogen-bond acceptors (Lipinski definition) is 7. The number of anilines is 1. The summed E-state index contributed by atoms with van der Waals surface area (Å²) in [6, 6.07) is 21.1. The molecule has 1 aliphatic rings. The van der Waals surface area contributed by atoms with Gasteiger partial charge in [-0.3, -0.25) is 14.5 Å². The van der Waals surface area contributed by atoms with Gasteiger partial charge in [0.1, 0.15) is 23.9 Å². The third kappa shape index (κ3) is 4.83. The molecule has 1 unspecified atom stereocenters. The molecule has 5 rings (SSSR count). The highest BCUT2D eigenvalue weighted by Gasteiger charge is 2.48. The number of methoxy groups -OCH3 is 1. The van der Waals surface area contributed by atoms with Crippen LogP contribution < -0.4 is 14.4 Å². The van der Waals surface area contributed by atoms with Crippen LogP contribution in [0.1, 0.15) is 28.3 Å². The number of aryl methyl sites for hydroxylation is 1. The topological polar surface area (TPSA) is 89.0 Å². The van der Waals surface area contributed by atoms with E-state index in [4.69, 9.17) is 9.47 Å². The molecule has 1 N–H and O–H groups in total. The predicted molar refractivity (Wildman–Crippen MR) is 142 cm³/mol. The molecule has 7 nitrogen and oxygen atoms in total. The van der Waals surface area contributed by atoms with E-state index in [1.165, 1.54) is 16.2 Å². The first kappa shape index (κ1) is 24.3. The lowest BCUT2D eigenvalue weighted by Crippen LogP contribution is -2.29. The highest BCUT2D eigenvalue weighted by atomic mass is 32.1. The summed E-state index contributed by atoms with van der Waals surface area (Å²) >= 11 is 1.24. The van der Waals surface area contributed by atoms with Crippen molar-refractivity contribution in [3.05, 3.63) is 112 Å². The van der Waals surface area contributed by atoms with Gasteiger partial charge >= 0.3 is 5.91 Å². The zero-order valence-electron chi connectivity index (χ0n) is 20.3.